The molecule has 0 amide bonds. The van der Waals surface area contributed by atoms with Crippen LogP contribution < -0.4 is 0 Å². The number of hydrogen-bond donors (Lipinski definition) is 2. The van der Waals surface area contributed by atoms with Gasteiger partial charge in [0.25, 0.3) is 14.8 Å². The van der Waals surface area contributed by atoms with E-state index in [1.54, 1.807) is 12.3 Å². The van der Waals surface area contributed by atoms with Crippen LogP contribution in [-0.4, -0.2) is 95.3 Å². The second-order valence-corrected chi connectivity index (χ2v) is 12.5. The number of carbonyl (C=O) groups is 3. The minimum atomic E-state index is -0.787. The van der Waals surface area contributed by atoms with Crippen molar-refractivity contribution in [1.82, 2.24) is 19.6 Å². The van der Waals surface area contributed by atoms with E-state index in [0.717, 1.165) is 36.0 Å². The van der Waals surface area contributed by atoms with Crippen LogP contribution in [0.5, 0.6) is 0 Å². The summed E-state index contributed by atoms with van der Waals surface area (Å²) in [7, 11) is 4.90. The Labute approximate surface area is 260 Å². The zero-order valence-electron chi connectivity index (χ0n) is 26.1. The molecule has 2 aromatic rings. The highest BCUT2D eigenvalue weighted by atomic mass is 32.1. The summed E-state index contributed by atoms with van der Waals surface area (Å²) in [6.45, 7) is 15.0. The molecule has 232 valence electrons. The fraction of sp³-hybridized carbons (Fsp3) is 0.679. The van der Waals surface area contributed by atoms with E-state index in [1.165, 1.54) is 37.5 Å². The third-order valence-corrected chi connectivity index (χ3v) is 8.67. The molecule has 14 heteroatoms. The highest BCUT2D eigenvalue weighted by Gasteiger charge is 2.27. The van der Waals surface area contributed by atoms with E-state index in [0.29, 0.717) is 23.8 Å². The number of esters is 1. The van der Waals surface area contributed by atoms with Gasteiger partial charge >= 0.3 is 5.97 Å². The van der Waals surface area contributed by atoms with E-state index < -0.39 is 18.2 Å². The largest absolute Gasteiger partial charge is 0.461 e. The Balaban J connectivity index is 0.000000437. The Morgan fingerprint density at radius 1 is 0.952 bits per heavy atom. The molecule has 0 saturated heterocycles. The van der Waals surface area contributed by atoms with E-state index in [9.17, 15) is 24.6 Å². The monoisotopic (exact) mass is 620 g/mol. The molecule has 0 aliphatic rings. The van der Waals surface area contributed by atoms with Crippen LogP contribution in [0.4, 0.5) is 0 Å². The lowest BCUT2D eigenvalue weighted by atomic mass is 9.85. The van der Waals surface area contributed by atoms with Gasteiger partial charge in [0.1, 0.15) is 22.2 Å². The molecule has 0 unspecified atom stereocenters. The van der Waals surface area contributed by atoms with Crippen LogP contribution in [0.15, 0.2) is 10.8 Å². The van der Waals surface area contributed by atoms with Crippen molar-refractivity contribution in [2.24, 2.45) is 11.8 Å². The number of ether oxygens (including phenoxy) is 1. The summed E-state index contributed by atoms with van der Waals surface area (Å²) < 4.78 is 4.91. The van der Waals surface area contributed by atoms with E-state index in [1.807, 2.05) is 35.9 Å². The Hall–Kier alpha value is -1.96. The third kappa shape index (κ3) is 12.7. The molecule has 10 nitrogen and oxygen atoms in total. The lowest BCUT2D eigenvalue weighted by molar-refractivity contribution is 0.0519. The standard InChI is InChI=1S/C16H26BN2O4S.C12H20BN2O2S/c1-5-7-19(17-10-20)13(11(3)4)8-14(21)15-18-12(9-24-15)16(22)23-6-2;1-8(2)10(15(4)13-7-16)5-11(17)12-14-9(3)6-18-12/h9-11,13-14,21H,5-8H2,1-4H3;6-8,10-11,17H,5H2,1-4H3/t13-,14-;10-,11-/m00/s1. The summed E-state index contributed by atoms with van der Waals surface area (Å²) in [5, 5.41) is 25.5. The number of thiazole rings is 2. The van der Waals surface area contributed by atoms with Crippen molar-refractivity contribution >= 4 is 55.8 Å². The number of nitrogens with zero attached hydrogens (tertiary/aromatic N) is 4. The van der Waals surface area contributed by atoms with Crippen LogP contribution in [0, 0.1) is 18.8 Å². The van der Waals surface area contributed by atoms with Gasteiger partial charge in [-0.05, 0) is 58.5 Å². The maximum atomic E-state index is 11.7. The van der Waals surface area contributed by atoms with Gasteiger partial charge in [0, 0.05) is 28.5 Å². The molecule has 0 bridgehead atoms. The number of aryl methyl sites for hydroxylation is 1. The molecule has 0 aliphatic heterocycles. The highest BCUT2D eigenvalue weighted by molar-refractivity contribution is 7.10. The van der Waals surface area contributed by atoms with Crippen molar-refractivity contribution in [2.75, 3.05) is 20.2 Å². The molecule has 0 saturated carbocycles. The Kier molecular flexibility index (Phi) is 18.2. The number of rotatable bonds is 18. The van der Waals surface area contributed by atoms with E-state index >= 15 is 0 Å². The Bertz CT molecular complexity index is 1070. The molecular weight excluding hydrogens is 574 g/mol. The van der Waals surface area contributed by atoms with Crippen LogP contribution in [0.2, 0.25) is 0 Å². The van der Waals surface area contributed by atoms with Gasteiger partial charge in [0.05, 0.1) is 19.0 Å². The van der Waals surface area contributed by atoms with Crippen LogP contribution in [0.3, 0.4) is 0 Å². The number of hydrogen-bond acceptors (Lipinski definition) is 12. The maximum Gasteiger partial charge on any atom is 0.357 e. The Morgan fingerprint density at radius 2 is 1.50 bits per heavy atom. The molecule has 0 aliphatic carbocycles. The topological polar surface area (TPSA) is 133 Å². The minimum Gasteiger partial charge on any atom is -0.461 e. The molecule has 2 N–H and O–H groups in total. The van der Waals surface area contributed by atoms with E-state index in [4.69, 9.17) is 4.74 Å². The van der Waals surface area contributed by atoms with Gasteiger partial charge in [-0.3, -0.25) is 0 Å². The summed E-state index contributed by atoms with van der Waals surface area (Å²) in [5.74, 6) is 0.128. The summed E-state index contributed by atoms with van der Waals surface area (Å²) in [6, 6.07) is 0.134. The zero-order chi connectivity index (χ0) is 31.8. The number of aliphatic hydroxyl groups excluding tert-OH is 2. The maximum absolute atomic E-state index is 11.7. The third-order valence-electron chi connectivity index (χ3n) is 6.66. The van der Waals surface area contributed by atoms with Crippen molar-refractivity contribution in [3.63, 3.8) is 0 Å². The van der Waals surface area contributed by atoms with Gasteiger partial charge in [-0.25, -0.2) is 14.8 Å². The molecule has 0 aromatic carbocycles. The van der Waals surface area contributed by atoms with E-state index in [-0.39, 0.29) is 30.3 Å². The second kappa shape index (κ2) is 20.1. The molecule has 0 fully saturated rings. The summed E-state index contributed by atoms with van der Waals surface area (Å²) >= 11 is 2.72. The van der Waals surface area contributed by atoms with Gasteiger partial charge in [0.15, 0.2) is 5.69 Å². The zero-order valence-corrected chi connectivity index (χ0v) is 27.7. The molecule has 42 heavy (non-hydrogen) atoms. The van der Waals surface area contributed by atoms with Crippen molar-refractivity contribution < 1.29 is 29.3 Å². The van der Waals surface area contributed by atoms with Gasteiger partial charge < -0.3 is 34.2 Å². The van der Waals surface area contributed by atoms with Gasteiger partial charge in [0.2, 0.25) is 0 Å². The first-order chi connectivity index (χ1) is 19.9. The van der Waals surface area contributed by atoms with Gasteiger partial charge in [-0.15, -0.1) is 22.7 Å². The van der Waals surface area contributed by atoms with Crippen LogP contribution in [-0.2, 0) is 14.3 Å². The molecule has 2 rings (SSSR count). The number of carbonyl (C=O) groups excluding carboxylic acids is 3. The van der Waals surface area contributed by atoms with E-state index in [2.05, 4.69) is 37.7 Å². The van der Waals surface area contributed by atoms with Crippen molar-refractivity contribution in [3.05, 3.63) is 32.2 Å². The first-order valence-electron chi connectivity index (χ1n) is 14.3. The SMILES string of the molecule is CCCN([B]C=O)[C@@H](C[C@H](O)c1nc(C(=O)OCC)cs1)C(C)C.Cc1csc([C@@H](O)C[C@@H](C(C)C)N(C)[B]C=O)n1. The average molecular weight is 620 g/mol. The van der Waals surface area contributed by atoms with Crippen LogP contribution in [0.25, 0.3) is 0 Å². The van der Waals surface area contributed by atoms with Crippen LogP contribution in [0.1, 0.15) is 99.2 Å². The quantitative estimate of drug-likeness (QED) is 0.144. The van der Waals surface area contributed by atoms with Gasteiger partial charge in [-0.1, -0.05) is 34.6 Å². The average Bonchev–Trinajstić information content (AvgIpc) is 3.60. The predicted molar refractivity (Wildman–Crippen MR) is 171 cm³/mol. The van der Waals surface area contributed by atoms with Crippen molar-refractivity contribution in [3.8, 4) is 0 Å². The number of aromatic nitrogens is 2. The molecule has 2 heterocycles. The molecule has 4 atom stereocenters. The first-order valence-corrected chi connectivity index (χ1v) is 16.1. The molecular formula is C28H46B2N4O6S2. The molecule has 0 spiro atoms. The normalized spacial score (nSPS) is 14.2. The lowest BCUT2D eigenvalue weighted by Gasteiger charge is -2.34. The second-order valence-electron chi connectivity index (χ2n) is 10.7. The summed E-state index contributed by atoms with van der Waals surface area (Å²) in [5.41, 5.74) is 1.16. The first kappa shape index (κ1) is 38.1. The molecule has 2 aromatic heterocycles. The fourth-order valence-corrected chi connectivity index (χ4v) is 6.10. The molecule has 2 radical (unpaired) electrons. The van der Waals surface area contributed by atoms with Crippen molar-refractivity contribution in [1.29, 1.82) is 0 Å². The predicted octanol–water partition coefficient (Wildman–Crippen LogP) is 3.93. The fourth-order valence-electron chi connectivity index (χ4n) is 4.52. The summed E-state index contributed by atoms with van der Waals surface area (Å²) in [6.07, 6.45) is 2.12. The smallest absolute Gasteiger partial charge is 0.357 e. The van der Waals surface area contributed by atoms with Crippen molar-refractivity contribution in [2.45, 2.75) is 92.0 Å². The summed E-state index contributed by atoms with van der Waals surface area (Å²) in [4.78, 5) is 45.4. The van der Waals surface area contributed by atoms with Gasteiger partial charge in [-0.2, -0.15) is 0 Å². The van der Waals surface area contributed by atoms with Crippen LogP contribution >= 0.6 is 22.7 Å². The Morgan fingerprint density at radius 3 is 1.98 bits per heavy atom. The number of aliphatic hydroxyl groups is 2. The highest BCUT2D eigenvalue weighted by Crippen LogP contribution is 2.28. The minimum absolute atomic E-state index is 0.0140. The lowest BCUT2D eigenvalue weighted by Crippen LogP contribution is -2.43.